The average molecular weight is 364 g/mol. The first-order valence-corrected chi connectivity index (χ1v) is 9.10. The Balaban J connectivity index is 1.72. The molecule has 0 aliphatic heterocycles. The minimum atomic E-state index is -0.190. The Bertz CT molecular complexity index is 937. The van der Waals surface area contributed by atoms with Gasteiger partial charge in [0.25, 0.3) is 5.91 Å². The molecule has 0 aliphatic rings. The van der Waals surface area contributed by atoms with Crippen molar-refractivity contribution in [1.82, 2.24) is 20.1 Å². The molecule has 140 valence electrons. The van der Waals surface area contributed by atoms with Crippen LogP contribution in [-0.2, 0) is 13.0 Å². The van der Waals surface area contributed by atoms with Gasteiger partial charge < -0.3 is 10.3 Å². The molecule has 6 heteroatoms. The summed E-state index contributed by atoms with van der Waals surface area (Å²) in [6, 6.07) is 9.72. The summed E-state index contributed by atoms with van der Waals surface area (Å²) in [4.78, 5) is 27.7. The number of H-pyrrole nitrogens is 1. The van der Waals surface area contributed by atoms with Crippen LogP contribution in [0.25, 0.3) is 5.69 Å². The van der Waals surface area contributed by atoms with Crippen molar-refractivity contribution in [3.05, 3.63) is 70.8 Å². The van der Waals surface area contributed by atoms with E-state index < -0.39 is 0 Å². The van der Waals surface area contributed by atoms with E-state index in [0.29, 0.717) is 24.2 Å². The molecular formula is C21H24N4O2. The average Bonchev–Trinajstić information content (AvgIpc) is 3.29. The number of aromatic amines is 1. The molecule has 2 N–H and O–H groups in total. The van der Waals surface area contributed by atoms with Gasteiger partial charge in [0.15, 0.2) is 5.78 Å². The van der Waals surface area contributed by atoms with Gasteiger partial charge in [0.05, 0.1) is 5.69 Å². The van der Waals surface area contributed by atoms with Gasteiger partial charge in [-0.3, -0.25) is 9.59 Å². The summed E-state index contributed by atoms with van der Waals surface area (Å²) in [6.45, 7) is 5.82. The van der Waals surface area contributed by atoms with Gasteiger partial charge in [-0.15, -0.1) is 0 Å². The lowest BCUT2D eigenvalue weighted by Gasteiger charge is -2.08. The first kappa shape index (κ1) is 18.6. The van der Waals surface area contributed by atoms with Crippen molar-refractivity contribution in [2.24, 2.45) is 0 Å². The summed E-state index contributed by atoms with van der Waals surface area (Å²) < 4.78 is 1.78. The third-order valence-electron chi connectivity index (χ3n) is 4.53. The molecule has 0 aliphatic carbocycles. The fourth-order valence-electron chi connectivity index (χ4n) is 3.31. The van der Waals surface area contributed by atoms with E-state index in [1.54, 1.807) is 10.9 Å². The second-order valence-corrected chi connectivity index (χ2v) is 6.58. The van der Waals surface area contributed by atoms with Gasteiger partial charge in [0, 0.05) is 30.2 Å². The molecule has 0 unspecified atom stereocenters. The van der Waals surface area contributed by atoms with Crippen LogP contribution in [-0.4, -0.2) is 26.5 Å². The van der Waals surface area contributed by atoms with Gasteiger partial charge in [-0.05, 0) is 49.6 Å². The van der Waals surface area contributed by atoms with E-state index in [4.69, 9.17) is 0 Å². The minimum Gasteiger partial charge on any atom is -0.354 e. The van der Waals surface area contributed by atoms with Gasteiger partial charge in [-0.2, -0.15) is 5.10 Å². The lowest BCUT2D eigenvalue weighted by Crippen LogP contribution is -2.24. The van der Waals surface area contributed by atoms with Crippen LogP contribution in [0, 0.1) is 6.92 Å². The van der Waals surface area contributed by atoms with Crippen LogP contribution in [0.15, 0.2) is 42.7 Å². The summed E-state index contributed by atoms with van der Waals surface area (Å²) in [5.41, 5.74) is 4.66. The molecule has 2 heterocycles. The number of carbonyl (C=O) groups excluding carboxylic acids is 2. The molecule has 2 aromatic heterocycles. The maximum atomic E-state index is 12.7. The predicted molar refractivity (Wildman–Crippen MR) is 104 cm³/mol. The van der Waals surface area contributed by atoms with Crippen LogP contribution in [0.3, 0.4) is 0 Å². The maximum absolute atomic E-state index is 12.7. The topological polar surface area (TPSA) is 79.8 Å². The molecule has 1 aromatic carbocycles. The smallest absolute Gasteiger partial charge is 0.268 e. The van der Waals surface area contributed by atoms with Crippen molar-refractivity contribution in [3.63, 3.8) is 0 Å². The van der Waals surface area contributed by atoms with Crippen LogP contribution < -0.4 is 5.32 Å². The number of hydrogen-bond donors (Lipinski definition) is 2. The molecule has 0 saturated carbocycles. The Kier molecular flexibility index (Phi) is 5.54. The maximum Gasteiger partial charge on any atom is 0.268 e. The van der Waals surface area contributed by atoms with Crippen molar-refractivity contribution < 1.29 is 9.59 Å². The zero-order valence-electron chi connectivity index (χ0n) is 15.9. The van der Waals surface area contributed by atoms with Crippen LogP contribution in [0.1, 0.15) is 57.9 Å². The Labute approximate surface area is 158 Å². The van der Waals surface area contributed by atoms with Crippen LogP contribution >= 0.6 is 0 Å². The van der Waals surface area contributed by atoms with Crippen LogP contribution in [0.4, 0.5) is 0 Å². The van der Waals surface area contributed by atoms with E-state index in [1.165, 1.54) is 6.92 Å². The van der Waals surface area contributed by atoms with Crippen LogP contribution in [0.2, 0.25) is 0 Å². The molecule has 0 radical (unpaired) electrons. The van der Waals surface area contributed by atoms with Gasteiger partial charge in [0.1, 0.15) is 5.69 Å². The largest absolute Gasteiger partial charge is 0.354 e. The SMILES string of the molecule is CCCc1c(C(=O)NCc2ccc(-n3cccn3)cc2)[nH]c(C)c1C(C)=O. The van der Waals surface area contributed by atoms with E-state index in [-0.39, 0.29) is 11.7 Å². The van der Waals surface area contributed by atoms with Crippen molar-refractivity contribution in [1.29, 1.82) is 0 Å². The number of Topliss-reactive ketones (excluding diaryl/α,β-unsaturated/α-hetero) is 1. The number of aryl methyl sites for hydroxylation is 1. The van der Waals surface area contributed by atoms with E-state index in [9.17, 15) is 9.59 Å². The first-order chi connectivity index (χ1) is 13.0. The standard InChI is InChI=1S/C21H24N4O2/c1-4-6-18-19(15(3)26)14(2)24-20(18)21(27)22-13-16-7-9-17(10-8-16)25-12-5-11-23-25/h5,7-12,24H,4,6,13H2,1-3H3,(H,22,27). The Hall–Kier alpha value is -3.15. The minimum absolute atomic E-state index is 0.0135. The highest BCUT2D eigenvalue weighted by Gasteiger charge is 2.21. The number of ketones is 1. The molecule has 6 nitrogen and oxygen atoms in total. The van der Waals surface area contributed by atoms with E-state index in [1.807, 2.05) is 50.4 Å². The molecule has 0 fully saturated rings. The summed E-state index contributed by atoms with van der Waals surface area (Å²) in [5.74, 6) is -0.203. The zero-order valence-corrected chi connectivity index (χ0v) is 15.9. The van der Waals surface area contributed by atoms with Gasteiger partial charge in [-0.25, -0.2) is 4.68 Å². The number of carbonyl (C=O) groups is 2. The fraction of sp³-hybridized carbons (Fsp3) is 0.286. The highest BCUT2D eigenvalue weighted by Crippen LogP contribution is 2.21. The molecular weight excluding hydrogens is 340 g/mol. The van der Waals surface area contributed by atoms with Crippen molar-refractivity contribution in [2.45, 2.75) is 40.2 Å². The number of amides is 1. The Morgan fingerprint density at radius 2 is 1.96 bits per heavy atom. The molecule has 1 amide bonds. The van der Waals surface area contributed by atoms with Gasteiger partial charge in [-0.1, -0.05) is 25.5 Å². The van der Waals surface area contributed by atoms with Crippen molar-refractivity contribution in [3.8, 4) is 5.69 Å². The first-order valence-electron chi connectivity index (χ1n) is 9.10. The molecule has 0 spiro atoms. The monoisotopic (exact) mass is 364 g/mol. The normalized spacial score (nSPS) is 10.8. The van der Waals surface area contributed by atoms with Crippen molar-refractivity contribution in [2.75, 3.05) is 0 Å². The lowest BCUT2D eigenvalue weighted by molar-refractivity contribution is 0.0945. The Morgan fingerprint density at radius 3 is 2.56 bits per heavy atom. The van der Waals surface area contributed by atoms with E-state index in [0.717, 1.165) is 28.9 Å². The van der Waals surface area contributed by atoms with Crippen LogP contribution in [0.5, 0.6) is 0 Å². The highest BCUT2D eigenvalue weighted by atomic mass is 16.2. The number of hydrogen-bond acceptors (Lipinski definition) is 3. The highest BCUT2D eigenvalue weighted by molar-refractivity contribution is 6.02. The molecule has 27 heavy (non-hydrogen) atoms. The Morgan fingerprint density at radius 1 is 1.22 bits per heavy atom. The number of nitrogens with zero attached hydrogens (tertiary/aromatic N) is 2. The predicted octanol–water partition coefficient (Wildman–Crippen LogP) is 3.59. The summed E-state index contributed by atoms with van der Waals surface area (Å²) in [6.07, 6.45) is 5.18. The molecule has 3 rings (SSSR count). The number of nitrogens with one attached hydrogen (secondary N) is 2. The molecule has 0 bridgehead atoms. The van der Waals surface area contributed by atoms with Gasteiger partial charge in [0.2, 0.25) is 0 Å². The number of rotatable bonds is 7. The molecule has 3 aromatic rings. The lowest BCUT2D eigenvalue weighted by atomic mass is 10.0. The summed E-state index contributed by atoms with van der Waals surface area (Å²) in [7, 11) is 0. The molecule has 0 atom stereocenters. The zero-order chi connectivity index (χ0) is 19.4. The van der Waals surface area contributed by atoms with E-state index in [2.05, 4.69) is 15.4 Å². The van der Waals surface area contributed by atoms with Gasteiger partial charge >= 0.3 is 0 Å². The number of aromatic nitrogens is 3. The quantitative estimate of drug-likeness (QED) is 0.629. The third-order valence-corrected chi connectivity index (χ3v) is 4.53. The fourth-order valence-corrected chi connectivity index (χ4v) is 3.31. The van der Waals surface area contributed by atoms with Crippen molar-refractivity contribution >= 4 is 11.7 Å². The summed E-state index contributed by atoms with van der Waals surface area (Å²) >= 11 is 0. The second kappa shape index (κ2) is 8.03. The molecule has 0 saturated heterocycles. The number of benzene rings is 1. The second-order valence-electron chi connectivity index (χ2n) is 6.58. The van der Waals surface area contributed by atoms with E-state index >= 15 is 0 Å². The third kappa shape index (κ3) is 4.00. The summed E-state index contributed by atoms with van der Waals surface area (Å²) in [5, 5.41) is 7.14.